The molecule has 0 fully saturated rings. The van der Waals surface area contributed by atoms with Gasteiger partial charge in [0, 0.05) is 16.3 Å². The van der Waals surface area contributed by atoms with Crippen LogP contribution in [0.3, 0.4) is 0 Å². The summed E-state index contributed by atoms with van der Waals surface area (Å²) in [5.41, 5.74) is 3.24. The van der Waals surface area contributed by atoms with Crippen LogP contribution >= 0.6 is 0 Å². The molecule has 0 amide bonds. The number of hydrogen-bond acceptors (Lipinski definition) is 1. The molecule has 0 spiro atoms. The number of H-pyrrole nitrogens is 1. The molecular weight excluding hydrogens is 210 g/mol. The van der Waals surface area contributed by atoms with E-state index >= 15 is 0 Å². The van der Waals surface area contributed by atoms with E-state index in [-0.39, 0.29) is 5.56 Å². The zero-order valence-corrected chi connectivity index (χ0v) is 9.87. The average Bonchev–Trinajstić information content (AvgIpc) is 2.30. The van der Waals surface area contributed by atoms with Crippen molar-refractivity contribution in [3.63, 3.8) is 0 Å². The Kier molecular flexibility index (Phi) is 2.05. The van der Waals surface area contributed by atoms with Gasteiger partial charge >= 0.3 is 0 Å². The topological polar surface area (TPSA) is 32.9 Å². The number of benzene rings is 2. The van der Waals surface area contributed by atoms with Gasteiger partial charge in [0.15, 0.2) is 0 Å². The highest BCUT2D eigenvalue weighted by molar-refractivity contribution is 6.07. The Balaban J connectivity index is 2.70. The number of rotatable bonds is 0. The fourth-order valence-corrected chi connectivity index (χ4v) is 2.38. The molecule has 1 heterocycles. The first-order chi connectivity index (χ1) is 8.16. The van der Waals surface area contributed by atoms with Gasteiger partial charge in [0.1, 0.15) is 0 Å². The average molecular weight is 223 g/mol. The fourth-order valence-electron chi connectivity index (χ4n) is 2.38. The van der Waals surface area contributed by atoms with Gasteiger partial charge in [-0.1, -0.05) is 23.8 Å². The molecule has 2 aromatic carbocycles. The molecule has 0 atom stereocenters. The Bertz CT molecular complexity index is 784. The van der Waals surface area contributed by atoms with Gasteiger partial charge in [0.2, 0.25) is 0 Å². The second-order valence-corrected chi connectivity index (χ2v) is 4.50. The van der Waals surface area contributed by atoms with Crippen molar-refractivity contribution in [1.82, 2.24) is 4.98 Å². The molecule has 17 heavy (non-hydrogen) atoms. The molecule has 84 valence electrons. The summed E-state index contributed by atoms with van der Waals surface area (Å²) in [4.78, 5) is 14.9. The molecular formula is C15H13NO. The number of nitrogens with one attached hydrogen (secondary N) is 1. The maximum absolute atomic E-state index is 12.0. The lowest BCUT2D eigenvalue weighted by Gasteiger charge is -2.07. The molecule has 0 unspecified atom stereocenters. The SMILES string of the molecule is Cc1ccc2[nH]c(=O)c3cccc(C)c3c2c1. The van der Waals surface area contributed by atoms with Crippen LogP contribution in [0.25, 0.3) is 21.7 Å². The molecule has 0 saturated carbocycles. The standard InChI is InChI=1S/C15H13NO/c1-9-6-7-13-12(8-9)14-10(2)4-3-5-11(14)15(17)16-13/h3-8H,1-2H3,(H,16,17). The summed E-state index contributed by atoms with van der Waals surface area (Å²) in [6.45, 7) is 4.11. The number of fused-ring (bicyclic) bond motifs is 3. The zero-order valence-electron chi connectivity index (χ0n) is 9.87. The van der Waals surface area contributed by atoms with E-state index in [0.717, 1.165) is 27.2 Å². The number of aromatic amines is 1. The third-order valence-electron chi connectivity index (χ3n) is 3.21. The summed E-state index contributed by atoms with van der Waals surface area (Å²) < 4.78 is 0. The second-order valence-electron chi connectivity index (χ2n) is 4.50. The van der Waals surface area contributed by atoms with Crippen molar-refractivity contribution in [2.24, 2.45) is 0 Å². The van der Waals surface area contributed by atoms with Gasteiger partial charge in [-0.3, -0.25) is 4.79 Å². The number of hydrogen-bond donors (Lipinski definition) is 1. The molecule has 2 heteroatoms. The first-order valence-electron chi connectivity index (χ1n) is 5.69. The van der Waals surface area contributed by atoms with Crippen LogP contribution in [-0.2, 0) is 0 Å². The lowest BCUT2D eigenvalue weighted by molar-refractivity contribution is 1.33. The van der Waals surface area contributed by atoms with Crippen molar-refractivity contribution in [2.45, 2.75) is 13.8 Å². The van der Waals surface area contributed by atoms with E-state index in [9.17, 15) is 4.79 Å². The van der Waals surface area contributed by atoms with Gasteiger partial charge in [-0.2, -0.15) is 0 Å². The summed E-state index contributed by atoms with van der Waals surface area (Å²) in [5.74, 6) is 0. The normalized spacial score (nSPS) is 11.2. The molecule has 3 aromatic rings. The van der Waals surface area contributed by atoms with Gasteiger partial charge in [0.05, 0.1) is 0 Å². The Hall–Kier alpha value is -2.09. The Morgan fingerprint density at radius 2 is 1.82 bits per heavy atom. The van der Waals surface area contributed by atoms with E-state index in [0.29, 0.717) is 0 Å². The largest absolute Gasteiger partial charge is 0.321 e. The summed E-state index contributed by atoms with van der Waals surface area (Å²) in [5, 5.41) is 2.95. The van der Waals surface area contributed by atoms with Gasteiger partial charge in [-0.15, -0.1) is 0 Å². The monoisotopic (exact) mass is 223 g/mol. The molecule has 0 aliphatic rings. The van der Waals surface area contributed by atoms with Crippen molar-refractivity contribution in [3.8, 4) is 0 Å². The van der Waals surface area contributed by atoms with Crippen LogP contribution in [0.5, 0.6) is 0 Å². The Morgan fingerprint density at radius 3 is 2.65 bits per heavy atom. The zero-order chi connectivity index (χ0) is 12.0. The molecule has 1 aromatic heterocycles. The first-order valence-corrected chi connectivity index (χ1v) is 5.69. The molecule has 0 radical (unpaired) electrons. The van der Waals surface area contributed by atoms with Crippen molar-refractivity contribution >= 4 is 21.7 Å². The fraction of sp³-hybridized carbons (Fsp3) is 0.133. The summed E-state index contributed by atoms with van der Waals surface area (Å²) in [7, 11) is 0. The van der Waals surface area contributed by atoms with Crippen LogP contribution in [0.4, 0.5) is 0 Å². The quantitative estimate of drug-likeness (QED) is 0.583. The van der Waals surface area contributed by atoms with E-state index in [1.54, 1.807) is 0 Å². The summed E-state index contributed by atoms with van der Waals surface area (Å²) >= 11 is 0. The number of aryl methyl sites for hydroxylation is 2. The minimum Gasteiger partial charge on any atom is -0.321 e. The number of aromatic nitrogens is 1. The van der Waals surface area contributed by atoms with Crippen LogP contribution in [0.2, 0.25) is 0 Å². The molecule has 2 nitrogen and oxygen atoms in total. The second kappa shape index (κ2) is 3.45. The van der Waals surface area contributed by atoms with E-state index in [1.807, 2.05) is 37.3 Å². The van der Waals surface area contributed by atoms with E-state index in [2.05, 4.69) is 18.0 Å². The van der Waals surface area contributed by atoms with E-state index in [4.69, 9.17) is 0 Å². The summed E-state index contributed by atoms with van der Waals surface area (Å²) in [6.07, 6.45) is 0. The third kappa shape index (κ3) is 1.45. The van der Waals surface area contributed by atoms with E-state index in [1.165, 1.54) is 5.56 Å². The van der Waals surface area contributed by atoms with Gasteiger partial charge < -0.3 is 4.98 Å². The Morgan fingerprint density at radius 1 is 1.00 bits per heavy atom. The smallest absolute Gasteiger partial charge is 0.256 e. The predicted octanol–water partition coefficient (Wildman–Crippen LogP) is 3.30. The molecule has 0 aliphatic heterocycles. The maximum Gasteiger partial charge on any atom is 0.256 e. The first kappa shape index (κ1) is 10.1. The van der Waals surface area contributed by atoms with Crippen LogP contribution in [0, 0.1) is 13.8 Å². The van der Waals surface area contributed by atoms with Gasteiger partial charge in [-0.05, 0) is 43.0 Å². The molecule has 0 aliphatic carbocycles. The van der Waals surface area contributed by atoms with Crippen molar-refractivity contribution in [1.29, 1.82) is 0 Å². The minimum absolute atomic E-state index is 0.0138. The molecule has 3 rings (SSSR count). The molecule has 0 saturated heterocycles. The highest BCUT2D eigenvalue weighted by atomic mass is 16.1. The van der Waals surface area contributed by atoms with Crippen molar-refractivity contribution in [2.75, 3.05) is 0 Å². The predicted molar refractivity (Wildman–Crippen MR) is 71.5 cm³/mol. The maximum atomic E-state index is 12.0. The lowest BCUT2D eigenvalue weighted by Crippen LogP contribution is -2.06. The highest BCUT2D eigenvalue weighted by Gasteiger charge is 2.06. The van der Waals surface area contributed by atoms with Crippen LogP contribution in [0.1, 0.15) is 11.1 Å². The van der Waals surface area contributed by atoms with E-state index < -0.39 is 0 Å². The lowest BCUT2D eigenvalue weighted by atomic mass is 10.0. The number of pyridine rings is 1. The molecule has 0 bridgehead atoms. The van der Waals surface area contributed by atoms with Crippen LogP contribution < -0.4 is 5.56 Å². The van der Waals surface area contributed by atoms with Gasteiger partial charge in [0.25, 0.3) is 5.56 Å². The highest BCUT2D eigenvalue weighted by Crippen LogP contribution is 2.24. The van der Waals surface area contributed by atoms with Gasteiger partial charge in [-0.25, -0.2) is 0 Å². The van der Waals surface area contributed by atoms with Crippen LogP contribution in [-0.4, -0.2) is 4.98 Å². The third-order valence-corrected chi connectivity index (χ3v) is 3.21. The van der Waals surface area contributed by atoms with Crippen molar-refractivity contribution < 1.29 is 0 Å². The molecule has 1 N–H and O–H groups in total. The Labute approximate surface area is 98.9 Å². The minimum atomic E-state index is -0.0138. The summed E-state index contributed by atoms with van der Waals surface area (Å²) in [6, 6.07) is 12.0. The van der Waals surface area contributed by atoms with Crippen LogP contribution in [0.15, 0.2) is 41.2 Å². The van der Waals surface area contributed by atoms with Crippen molar-refractivity contribution in [3.05, 3.63) is 57.9 Å².